The van der Waals surface area contributed by atoms with Gasteiger partial charge in [-0.15, -0.1) is 0 Å². The highest BCUT2D eigenvalue weighted by molar-refractivity contribution is 9.10. The monoisotopic (exact) mass is 273 g/mol. The van der Waals surface area contributed by atoms with Gasteiger partial charge in [-0.05, 0) is 46.8 Å². The second kappa shape index (κ2) is 4.37. The smallest absolute Gasteiger partial charge is 0.287 e. The molecule has 0 bridgehead atoms. The average Bonchev–Trinajstić information content (AvgIpc) is 2.97. The molecule has 4 nitrogen and oxygen atoms in total. The molecule has 1 aliphatic carbocycles. The molecule has 0 saturated heterocycles. The first-order valence-corrected chi connectivity index (χ1v) is 5.67. The SMILES string of the molecule is O=C(NCC(O)C1CC1)c1ccc(Br)o1. The summed E-state index contributed by atoms with van der Waals surface area (Å²) in [6.07, 6.45) is 1.69. The molecule has 1 aromatic rings. The van der Waals surface area contributed by atoms with Gasteiger partial charge in [-0.3, -0.25) is 4.79 Å². The van der Waals surface area contributed by atoms with E-state index in [1.165, 1.54) is 0 Å². The molecule has 0 aliphatic heterocycles. The Bertz CT molecular complexity index is 359. The van der Waals surface area contributed by atoms with Crippen molar-refractivity contribution in [2.24, 2.45) is 5.92 Å². The third-order valence-electron chi connectivity index (χ3n) is 2.43. The zero-order valence-corrected chi connectivity index (χ0v) is 9.66. The molecule has 2 N–H and O–H groups in total. The second-order valence-corrected chi connectivity index (χ2v) is 4.50. The lowest BCUT2D eigenvalue weighted by molar-refractivity contribution is 0.0873. The Labute approximate surface area is 95.8 Å². The normalized spacial score (nSPS) is 17.5. The lowest BCUT2D eigenvalue weighted by Gasteiger charge is -2.09. The highest BCUT2D eigenvalue weighted by Gasteiger charge is 2.29. The average molecular weight is 274 g/mol. The fraction of sp³-hybridized carbons (Fsp3) is 0.500. The highest BCUT2D eigenvalue weighted by Crippen LogP contribution is 2.32. The first-order chi connectivity index (χ1) is 7.16. The maximum atomic E-state index is 11.5. The molecule has 1 saturated carbocycles. The minimum Gasteiger partial charge on any atom is -0.444 e. The van der Waals surface area contributed by atoms with Crippen molar-refractivity contribution < 1.29 is 14.3 Å². The van der Waals surface area contributed by atoms with Crippen LogP contribution in [0.3, 0.4) is 0 Å². The Kier molecular flexibility index (Phi) is 3.11. The number of furan rings is 1. The maximum Gasteiger partial charge on any atom is 0.287 e. The summed E-state index contributed by atoms with van der Waals surface area (Å²) < 4.78 is 5.60. The predicted molar refractivity (Wildman–Crippen MR) is 57.5 cm³/mol. The number of carbonyl (C=O) groups is 1. The molecule has 1 amide bonds. The molecular weight excluding hydrogens is 262 g/mol. The van der Waals surface area contributed by atoms with Gasteiger partial charge in [0.05, 0.1) is 6.10 Å². The van der Waals surface area contributed by atoms with Gasteiger partial charge in [0.1, 0.15) is 0 Å². The van der Waals surface area contributed by atoms with Crippen LogP contribution in [0.4, 0.5) is 0 Å². The Morgan fingerprint density at radius 1 is 1.67 bits per heavy atom. The lowest BCUT2D eigenvalue weighted by Crippen LogP contribution is -2.32. The first kappa shape index (κ1) is 10.7. The number of halogens is 1. The van der Waals surface area contributed by atoms with Crippen molar-refractivity contribution in [1.82, 2.24) is 5.32 Å². The molecule has 1 atom stereocenters. The molecule has 5 heteroatoms. The summed E-state index contributed by atoms with van der Waals surface area (Å²) in [6, 6.07) is 3.25. The van der Waals surface area contributed by atoms with Crippen LogP contribution >= 0.6 is 15.9 Å². The van der Waals surface area contributed by atoms with Gasteiger partial charge in [0.2, 0.25) is 0 Å². The number of nitrogens with one attached hydrogen (secondary N) is 1. The van der Waals surface area contributed by atoms with Crippen LogP contribution in [-0.4, -0.2) is 23.7 Å². The van der Waals surface area contributed by atoms with E-state index in [0.29, 0.717) is 17.1 Å². The van der Waals surface area contributed by atoms with Crippen molar-refractivity contribution in [3.8, 4) is 0 Å². The van der Waals surface area contributed by atoms with Gasteiger partial charge in [-0.1, -0.05) is 0 Å². The lowest BCUT2D eigenvalue weighted by atomic mass is 10.2. The van der Waals surface area contributed by atoms with Crippen molar-refractivity contribution in [2.45, 2.75) is 18.9 Å². The summed E-state index contributed by atoms with van der Waals surface area (Å²) in [4.78, 5) is 11.5. The predicted octanol–water partition coefficient (Wildman–Crippen LogP) is 1.54. The van der Waals surface area contributed by atoms with Crippen molar-refractivity contribution in [2.75, 3.05) is 6.54 Å². The maximum absolute atomic E-state index is 11.5. The van der Waals surface area contributed by atoms with E-state index < -0.39 is 6.10 Å². The van der Waals surface area contributed by atoms with E-state index in [1.54, 1.807) is 12.1 Å². The first-order valence-electron chi connectivity index (χ1n) is 4.88. The Morgan fingerprint density at radius 3 is 2.93 bits per heavy atom. The van der Waals surface area contributed by atoms with Crippen LogP contribution in [0.15, 0.2) is 21.2 Å². The Hall–Kier alpha value is -0.810. The van der Waals surface area contributed by atoms with Gasteiger partial charge in [0, 0.05) is 6.54 Å². The van der Waals surface area contributed by atoms with Gasteiger partial charge in [0.15, 0.2) is 10.4 Å². The van der Waals surface area contributed by atoms with E-state index in [1.807, 2.05) is 0 Å². The van der Waals surface area contributed by atoms with E-state index in [4.69, 9.17) is 4.42 Å². The van der Waals surface area contributed by atoms with E-state index in [9.17, 15) is 9.90 Å². The number of aliphatic hydroxyl groups excluding tert-OH is 1. The Morgan fingerprint density at radius 2 is 2.40 bits per heavy atom. The zero-order valence-electron chi connectivity index (χ0n) is 8.07. The van der Waals surface area contributed by atoms with Crippen molar-refractivity contribution in [1.29, 1.82) is 0 Å². The Balaban J connectivity index is 1.81. The molecule has 0 radical (unpaired) electrons. The summed E-state index contributed by atoms with van der Waals surface area (Å²) in [5.41, 5.74) is 0. The molecule has 1 aliphatic rings. The molecule has 2 rings (SSSR count). The molecule has 1 unspecified atom stereocenters. The molecule has 0 spiro atoms. The standard InChI is InChI=1S/C10H12BrNO3/c11-9-4-3-8(15-9)10(14)12-5-7(13)6-1-2-6/h3-4,6-7,13H,1-2,5H2,(H,12,14). The number of rotatable bonds is 4. The number of hydrogen-bond acceptors (Lipinski definition) is 3. The quantitative estimate of drug-likeness (QED) is 0.875. The summed E-state index contributed by atoms with van der Waals surface area (Å²) in [7, 11) is 0. The topological polar surface area (TPSA) is 62.5 Å². The molecule has 0 aromatic carbocycles. The van der Waals surface area contributed by atoms with E-state index in [2.05, 4.69) is 21.2 Å². The van der Waals surface area contributed by atoms with Gasteiger partial charge >= 0.3 is 0 Å². The minimum atomic E-state index is -0.424. The second-order valence-electron chi connectivity index (χ2n) is 3.72. The zero-order chi connectivity index (χ0) is 10.8. The van der Waals surface area contributed by atoms with Crippen LogP contribution in [0, 0.1) is 5.92 Å². The van der Waals surface area contributed by atoms with Crippen LogP contribution in [0.1, 0.15) is 23.4 Å². The molecule has 1 fully saturated rings. The summed E-state index contributed by atoms with van der Waals surface area (Å²) in [5, 5.41) is 12.2. The molecule has 82 valence electrons. The summed E-state index contributed by atoms with van der Waals surface area (Å²) in [6.45, 7) is 0.293. The summed E-state index contributed by atoms with van der Waals surface area (Å²) >= 11 is 3.12. The fourth-order valence-corrected chi connectivity index (χ4v) is 1.67. The van der Waals surface area contributed by atoms with Crippen LogP contribution in [0.5, 0.6) is 0 Å². The largest absolute Gasteiger partial charge is 0.444 e. The number of amides is 1. The van der Waals surface area contributed by atoms with Crippen molar-refractivity contribution >= 4 is 21.8 Å². The fourth-order valence-electron chi connectivity index (χ4n) is 1.37. The van der Waals surface area contributed by atoms with E-state index in [0.717, 1.165) is 12.8 Å². The van der Waals surface area contributed by atoms with Crippen molar-refractivity contribution in [3.05, 3.63) is 22.6 Å². The highest BCUT2D eigenvalue weighted by atomic mass is 79.9. The van der Waals surface area contributed by atoms with Gasteiger partial charge in [-0.2, -0.15) is 0 Å². The van der Waals surface area contributed by atoms with Crippen molar-refractivity contribution in [3.63, 3.8) is 0 Å². The molecule has 1 heterocycles. The van der Waals surface area contributed by atoms with Crippen LogP contribution in [0.2, 0.25) is 0 Å². The van der Waals surface area contributed by atoms with Crippen LogP contribution < -0.4 is 5.32 Å². The third kappa shape index (κ3) is 2.82. The van der Waals surface area contributed by atoms with Gasteiger partial charge < -0.3 is 14.8 Å². The molecule has 15 heavy (non-hydrogen) atoms. The third-order valence-corrected chi connectivity index (χ3v) is 2.86. The van der Waals surface area contributed by atoms with Crippen LogP contribution in [-0.2, 0) is 0 Å². The number of aliphatic hydroxyl groups is 1. The van der Waals surface area contributed by atoms with E-state index >= 15 is 0 Å². The molecular formula is C10H12BrNO3. The molecule has 1 aromatic heterocycles. The number of hydrogen-bond donors (Lipinski definition) is 2. The van der Waals surface area contributed by atoms with Gasteiger partial charge in [-0.25, -0.2) is 0 Å². The van der Waals surface area contributed by atoms with E-state index in [-0.39, 0.29) is 11.7 Å². The van der Waals surface area contributed by atoms with Crippen LogP contribution in [0.25, 0.3) is 0 Å². The van der Waals surface area contributed by atoms with Gasteiger partial charge in [0.25, 0.3) is 5.91 Å². The summed E-state index contributed by atoms with van der Waals surface area (Å²) in [5.74, 6) is 0.332. The number of carbonyl (C=O) groups excluding carboxylic acids is 1. The minimum absolute atomic E-state index is 0.255.